The summed E-state index contributed by atoms with van der Waals surface area (Å²) in [5.41, 5.74) is 0. The average Bonchev–Trinajstić information content (AvgIpc) is 1.41. The largest absolute Gasteiger partial charge is 0.147 e. The van der Waals surface area contributed by atoms with E-state index in [0.717, 1.165) is 0 Å². The Morgan fingerprint density at radius 2 is 1.50 bits per heavy atom. The molecule has 0 rings (SSSR count). The van der Waals surface area contributed by atoms with E-state index in [1.54, 1.807) is 14.2 Å². The van der Waals surface area contributed by atoms with E-state index in [4.69, 9.17) is 0 Å². The molecular weight excluding hydrogens is 139 g/mol. The van der Waals surface area contributed by atoms with Crippen molar-refractivity contribution in [1.29, 1.82) is 0 Å². The van der Waals surface area contributed by atoms with Crippen molar-refractivity contribution in [2.45, 2.75) is 0 Å². The van der Waals surface area contributed by atoms with Crippen LogP contribution in [0.5, 0.6) is 0 Å². The van der Waals surface area contributed by atoms with Gasteiger partial charge in [-0.3, -0.25) is 0 Å². The molecule has 0 aliphatic carbocycles. The molecule has 0 N–H and O–H groups in total. The normalized spacial score (nSPS) is 6.33. The maximum Gasteiger partial charge on any atom is -0.147 e. The van der Waals surface area contributed by atoms with Gasteiger partial charge >= 0.3 is 40.8 Å². The van der Waals surface area contributed by atoms with E-state index in [2.05, 4.69) is 6.64 Å². The molecule has 0 aliphatic heterocycles. The Hall–Kier alpha value is 0.924. The van der Waals surface area contributed by atoms with Crippen molar-refractivity contribution in [3.05, 3.63) is 0 Å². The van der Waals surface area contributed by atoms with Gasteiger partial charge in [0.1, 0.15) is 0 Å². The van der Waals surface area contributed by atoms with Gasteiger partial charge in [-0.15, -0.1) is 12.4 Å². The van der Waals surface area contributed by atoms with Gasteiger partial charge in [0.25, 0.3) is 0 Å². The van der Waals surface area contributed by atoms with Crippen LogP contribution in [-0.4, -0.2) is 14.2 Å². The molecular formula is C2H7ClO2Ti. The van der Waals surface area contributed by atoms with Crippen LogP contribution >= 0.6 is 12.4 Å². The van der Waals surface area contributed by atoms with Crippen LogP contribution in [0.1, 0.15) is 0 Å². The molecule has 0 heterocycles. The maximum absolute atomic E-state index is 4.59. The molecule has 0 amide bonds. The molecule has 6 heavy (non-hydrogen) atoms. The fraction of sp³-hybridized carbons (Fsp3) is 1.00. The van der Waals surface area contributed by atoms with E-state index >= 15 is 0 Å². The van der Waals surface area contributed by atoms with Gasteiger partial charge in [-0.2, -0.15) is 0 Å². The quantitative estimate of drug-likeness (QED) is 0.532. The zero-order valence-electron chi connectivity index (χ0n) is 3.72. The third-order valence-corrected chi connectivity index (χ3v) is 0.687. The summed E-state index contributed by atoms with van der Waals surface area (Å²) in [4.78, 5) is 0. The summed E-state index contributed by atoms with van der Waals surface area (Å²) in [6.07, 6.45) is 0. The number of rotatable bonds is 2. The zero-order chi connectivity index (χ0) is 4.12. The molecule has 0 spiro atoms. The first kappa shape index (κ1) is 10.0. The molecule has 0 unspecified atom stereocenters. The van der Waals surface area contributed by atoms with Crippen LogP contribution in [0, 0.1) is 0 Å². The van der Waals surface area contributed by atoms with Gasteiger partial charge in [0, 0.05) is 0 Å². The molecule has 4 heteroatoms. The Morgan fingerprint density at radius 1 is 1.17 bits per heavy atom. The van der Waals surface area contributed by atoms with Crippen molar-refractivity contribution in [2.75, 3.05) is 14.2 Å². The third-order valence-electron chi connectivity index (χ3n) is 0.167. The van der Waals surface area contributed by atoms with E-state index in [-0.39, 0.29) is 12.4 Å². The summed E-state index contributed by atoms with van der Waals surface area (Å²) >= 11 is -0.472. The molecule has 0 atom stereocenters. The molecule has 0 aromatic rings. The minimum atomic E-state index is -0.472. The van der Waals surface area contributed by atoms with Gasteiger partial charge in [-0.05, 0) is 0 Å². The summed E-state index contributed by atoms with van der Waals surface area (Å²) in [5, 5.41) is 0. The molecule has 0 fully saturated rings. The van der Waals surface area contributed by atoms with Gasteiger partial charge < -0.3 is 0 Å². The monoisotopic (exact) mass is 146 g/mol. The van der Waals surface area contributed by atoms with Crippen molar-refractivity contribution >= 4 is 12.4 Å². The minimum Gasteiger partial charge on any atom is -0.147 e. The van der Waals surface area contributed by atoms with E-state index in [0.29, 0.717) is 0 Å². The maximum atomic E-state index is 4.59. The SMILES string of the molecule is C[O][Ti][O]C.Cl. The summed E-state index contributed by atoms with van der Waals surface area (Å²) in [5.74, 6) is 0. The average molecular weight is 146 g/mol. The Bertz CT molecular complexity index is 19.0. The van der Waals surface area contributed by atoms with Crippen LogP contribution in [0.15, 0.2) is 0 Å². The van der Waals surface area contributed by atoms with Gasteiger partial charge in [0.15, 0.2) is 0 Å². The van der Waals surface area contributed by atoms with Crippen molar-refractivity contribution in [3.8, 4) is 0 Å². The molecule has 38 valence electrons. The second kappa shape index (κ2) is 9.33. The molecule has 0 saturated carbocycles. The summed E-state index contributed by atoms with van der Waals surface area (Å²) in [7, 11) is 3.28. The molecule has 0 bridgehead atoms. The number of hydrogen-bond donors (Lipinski definition) is 0. The topological polar surface area (TPSA) is 18.5 Å². The van der Waals surface area contributed by atoms with Crippen LogP contribution in [0.3, 0.4) is 0 Å². The predicted octanol–water partition coefficient (Wildman–Crippen LogP) is 0.613. The molecule has 0 saturated heterocycles. The number of hydrogen-bond acceptors (Lipinski definition) is 2. The van der Waals surface area contributed by atoms with Crippen molar-refractivity contribution in [3.63, 3.8) is 0 Å². The fourth-order valence-corrected chi connectivity index (χ4v) is 0.344. The number of halogens is 1. The summed E-state index contributed by atoms with van der Waals surface area (Å²) in [6.45, 7) is 0. The van der Waals surface area contributed by atoms with E-state index in [1.165, 1.54) is 0 Å². The molecule has 0 radical (unpaired) electrons. The van der Waals surface area contributed by atoms with Gasteiger partial charge in [-0.25, -0.2) is 0 Å². The van der Waals surface area contributed by atoms with Crippen LogP contribution in [0.4, 0.5) is 0 Å². The Kier molecular flexibility index (Phi) is 15.6. The van der Waals surface area contributed by atoms with Crippen LogP contribution in [0.2, 0.25) is 0 Å². The van der Waals surface area contributed by atoms with Gasteiger partial charge in [-0.1, -0.05) is 0 Å². The third kappa shape index (κ3) is 8.87. The van der Waals surface area contributed by atoms with Crippen molar-refractivity contribution in [2.24, 2.45) is 0 Å². The van der Waals surface area contributed by atoms with Gasteiger partial charge in [0.2, 0.25) is 0 Å². The molecule has 0 aromatic heterocycles. The van der Waals surface area contributed by atoms with E-state index < -0.39 is 19.9 Å². The minimum absolute atomic E-state index is 0. The van der Waals surface area contributed by atoms with Crippen LogP contribution in [-0.2, 0) is 26.6 Å². The molecule has 2 nitrogen and oxygen atoms in total. The zero-order valence-corrected chi connectivity index (χ0v) is 6.10. The first-order chi connectivity index (χ1) is 2.41. The predicted molar refractivity (Wildman–Crippen MR) is 21.3 cm³/mol. The summed E-state index contributed by atoms with van der Waals surface area (Å²) in [6, 6.07) is 0. The first-order valence-corrected chi connectivity index (χ1v) is 2.50. The Labute approximate surface area is 53.5 Å². The molecule has 0 aromatic carbocycles. The second-order valence-corrected chi connectivity index (χ2v) is 2.03. The van der Waals surface area contributed by atoms with Crippen LogP contribution < -0.4 is 0 Å². The Morgan fingerprint density at radius 3 is 1.50 bits per heavy atom. The first-order valence-electron chi connectivity index (χ1n) is 1.22. The van der Waals surface area contributed by atoms with Gasteiger partial charge in [0.05, 0.1) is 0 Å². The fourth-order valence-electron chi connectivity index (χ4n) is 0.0833. The smallest absolute Gasteiger partial charge is 0.147 e. The van der Waals surface area contributed by atoms with Crippen LogP contribution in [0.25, 0.3) is 0 Å². The Balaban J connectivity index is 0. The second-order valence-electron chi connectivity index (χ2n) is 0.492. The van der Waals surface area contributed by atoms with E-state index in [9.17, 15) is 0 Å². The van der Waals surface area contributed by atoms with Crippen molar-refractivity contribution in [1.82, 2.24) is 0 Å². The standard InChI is InChI=1S/2CH3O.ClH.Ti/c2*1-2;;/h2*1H3;1H;/q2*-1;;+2. The van der Waals surface area contributed by atoms with E-state index in [1.807, 2.05) is 0 Å². The molecule has 0 aliphatic rings. The summed E-state index contributed by atoms with van der Waals surface area (Å²) < 4.78 is 9.19. The van der Waals surface area contributed by atoms with Crippen molar-refractivity contribution < 1.29 is 26.6 Å².